The molecule has 4 nitrogen and oxygen atoms in total. The van der Waals surface area contributed by atoms with E-state index in [4.69, 9.17) is 0 Å². The highest BCUT2D eigenvalue weighted by Gasteiger charge is 2.07. The molecule has 0 saturated heterocycles. The number of hydrogen-bond donors (Lipinski definition) is 1. The van der Waals surface area contributed by atoms with E-state index < -0.39 is 0 Å². The summed E-state index contributed by atoms with van der Waals surface area (Å²) in [6.45, 7) is 1.87. The number of halogens is 1. The van der Waals surface area contributed by atoms with Crippen LogP contribution < -0.4 is 5.43 Å². The number of nitrogens with zero attached hydrogens (tertiary/aromatic N) is 2. The van der Waals surface area contributed by atoms with Gasteiger partial charge in [-0.15, -0.1) is 11.3 Å². The number of rotatable bonds is 5. The van der Waals surface area contributed by atoms with Crippen molar-refractivity contribution in [2.24, 2.45) is 5.10 Å². The van der Waals surface area contributed by atoms with Gasteiger partial charge in [0.1, 0.15) is 0 Å². The second-order valence-corrected chi connectivity index (χ2v) is 8.14. The van der Waals surface area contributed by atoms with Crippen LogP contribution in [0, 0.1) is 0 Å². The van der Waals surface area contributed by atoms with Crippen molar-refractivity contribution in [2.45, 2.75) is 11.3 Å². The smallest absolute Gasteiger partial charge is 0.250 e. The van der Waals surface area contributed by atoms with Crippen molar-refractivity contribution >= 4 is 60.9 Å². The molecule has 1 heterocycles. The third kappa shape index (κ3) is 4.43. The lowest BCUT2D eigenvalue weighted by molar-refractivity contribution is -0.118. The van der Waals surface area contributed by atoms with Crippen LogP contribution in [0.4, 0.5) is 0 Å². The fourth-order valence-electron chi connectivity index (χ4n) is 1.97. The number of para-hydroxylation sites is 1. The number of carbonyl (C=O) groups is 1. The van der Waals surface area contributed by atoms with Gasteiger partial charge in [0.2, 0.25) is 0 Å². The van der Waals surface area contributed by atoms with Crippen LogP contribution in [0.15, 0.2) is 62.4 Å². The highest BCUT2D eigenvalue weighted by Crippen LogP contribution is 2.28. The second kappa shape index (κ2) is 7.92. The number of nitrogens with one attached hydrogen (secondary N) is 1. The summed E-state index contributed by atoms with van der Waals surface area (Å²) in [5.41, 5.74) is 5.29. The van der Waals surface area contributed by atoms with Crippen LogP contribution in [0.3, 0.4) is 0 Å². The zero-order chi connectivity index (χ0) is 16.9. The van der Waals surface area contributed by atoms with Gasteiger partial charge in [-0.1, -0.05) is 52.0 Å². The topological polar surface area (TPSA) is 54.4 Å². The SMILES string of the molecule is C/C(=N\NC(=O)CSc1nc2ccccc2s1)c1ccc(Br)cc1. The second-order valence-electron chi connectivity index (χ2n) is 4.98. The van der Waals surface area contributed by atoms with Crippen molar-refractivity contribution in [1.29, 1.82) is 0 Å². The monoisotopic (exact) mass is 419 g/mol. The normalized spacial score (nSPS) is 11.7. The van der Waals surface area contributed by atoms with Gasteiger partial charge in [-0.3, -0.25) is 4.79 Å². The van der Waals surface area contributed by atoms with E-state index in [2.05, 4.69) is 31.4 Å². The van der Waals surface area contributed by atoms with E-state index in [0.717, 1.165) is 30.3 Å². The molecule has 1 aromatic heterocycles. The molecule has 0 aliphatic heterocycles. The predicted octanol–water partition coefficient (Wildman–Crippen LogP) is 4.69. The molecule has 122 valence electrons. The van der Waals surface area contributed by atoms with Gasteiger partial charge in [0.05, 0.1) is 21.7 Å². The van der Waals surface area contributed by atoms with Gasteiger partial charge in [0.25, 0.3) is 5.91 Å². The molecule has 0 atom stereocenters. The molecular weight excluding hydrogens is 406 g/mol. The summed E-state index contributed by atoms with van der Waals surface area (Å²) in [6, 6.07) is 15.7. The molecule has 0 aliphatic rings. The molecule has 3 aromatic rings. The number of fused-ring (bicyclic) bond motifs is 1. The minimum Gasteiger partial charge on any atom is -0.272 e. The standard InChI is InChI=1S/C17H14BrN3OS2/c1-11(12-6-8-13(18)9-7-12)20-21-16(22)10-23-17-19-14-4-2-3-5-15(14)24-17/h2-9H,10H2,1H3,(H,21,22)/b20-11+. The molecule has 3 rings (SSSR count). The number of aromatic nitrogens is 1. The quantitative estimate of drug-likeness (QED) is 0.370. The summed E-state index contributed by atoms with van der Waals surface area (Å²) in [5.74, 6) is 0.146. The first-order valence-electron chi connectivity index (χ1n) is 7.19. The molecule has 0 aliphatic carbocycles. The van der Waals surface area contributed by atoms with Crippen molar-refractivity contribution in [3.63, 3.8) is 0 Å². The summed E-state index contributed by atoms with van der Waals surface area (Å²) in [6.07, 6.45) is 0. The Kier molecular flexibility index (Phi) is 5.65. The van der Waals surface area contributed by atoms with E-state index in [1.807, 2.05) is 55.5 Å². The van der Waals surface area contributed by atoms with E-state index in [0.29, 0.717) is 0 Å². The molecule has 0 spiro atoms. The van der Waals surface area contributed by atoms with Crippen molar-refractivity contribution < 1.29 is 4.79 Å². The number of carbonyl (C=O) groups excluding carboxylic acids is 1. The Hall–Kier alpha value is -1.70. The summed E-state index contributed by atoms with van der Waals surface area (Å²) < 4.78 is 3.03. The maximum Gasteiger partial charge on any atom is 0.250 e. The fraction of sp³-hybridized carbons (Fsp3) is 0.118. The molecule has 0 radical (unpaired) electrons. The zero-order valence-electron chi connectivity index (χ0n) is 12.8. The van der Waals surface area contributed by atoms with Crippen LogP contribution in [-0.4, -0.2) is 22.4 Å². The Morgan fingerprint density at radius 3 is 2.75 bits per heavy atom. The maximum atomic E-state index is 12.0. The Balaban J connectivity index is 1.55. The molecule has 24 heavy (non-hydrogen) atoms. The Morgan fingerprint density at radius 1 is 1.25 bits per heavy atom. The molecule has 7 heteroatoms. The zero-order valence-corrected chi connectivity index (χ0v) is 16.0. The third-order valence-corrected chi connectivity index (χ3v) is 5.92. The number of thiazole rings is 1. The van der Waals surface area contributed by atoms with Gasteiger partial charge in [-0.25, -0.2) is 10.4 Å². The number of hydrogen-bond acceptors (Lipinski definition) is 5. The molecule has 1 amide bonds. The maximum absolute atomic E-state index is 12.0. The van der Waals surface area contributed by atoms with Gasteiger partial charge in [0, 0.05) is 4.47 Å². The highest BCUT2D eigenvalue weighted by molar-refractivity contribution is 9.10. The molecule has 1 N–H and O–H groups in total. The van der Waals surface area contributed by atoms with Crippen molar-refractivity contribution in [1.82, 2.24) is 10.4 Å². The number of thioether (sulfide) groups is 1. The first-order valence-corrected chi connectivity index (χ1v) is 9.79. The van der Waals surface area contributed by atoms with Crippen LogP contribution in [0.1, 0.15) is 12.5 Å². The highest BCUT2D eigenvalue weighted by atomic mass is 79.9. The van der Waals surface area contributed by atoms with Crippen LogP contribution >= 0.6 is 39.0 Å². The van der Waals surface area contributed by atoms with Crippen molar-refractivity contribution in [3.8, 4) is 0 Å². The molecule has 0 saturated carbocycles. The van der Waals surface area contributed by atoms with Gasteiger partial charge in [0.15, 0.2) is 4.34 Å². The van der Waals surface area contributed by atoms with E-state index in [9.17, 15) is 4.79 Å². The average Bonchev–Trinajstić information content (AvgIpc) is 3.01. The average molecular weight is 420 g/mol. The summed E-state index contributed by atoms with van der Waals surface area (Å²) in [5, 5.41) is 4.15. The van der Waals surface area contributed by atoms with Crippen LogP contribution in [0.5, 0.6) is 0 Å². The first kappa shape index (κ1) is 17.1. The Labute approximate surface area is 156 Å². The largest absolute Gasteiger partial charge is 0.272 e. The molecular formula is C17H14BrN3OS2. The van der Waals surface area contributed by atoms with Crippen molar-refractivity contribution in [2.75, 3.05) is 5.75 Å². The van der Waals surface area contributed by atoms with E-state index >= 15 is 0 Å². The number of hydrazone groups is 1. The fourth-order valence-corrected chi connectivity index (χ4v) is 4.10. The van der Waals surface area contributed by atoms with Crippen LogP contribution in [0.2, 0.25) is 0 Å². The summed E-state index contributed by atoms with van der Waals surface area (Å²) >= 11 is 6.41. The lowest BCUT2D eigenvalue weighted by Crippen LogP contribution is -2.21. The van der Waals surface area contributed by atoms with E-state index in [-0.39, 0.29) is 11.7 Å². The number of amides is 1. The molecule has 0 fully saturated rings. The third-order valence-electron chi connectivity index (χ3n) is 3.21. The van der Waals surface area contributed by atoms with Crippen LogP contribution in [0.25, 0.3) is 10.2 Å². The predicted molar refractivity (Wildman–Crippen MR) is 105 cm³/mol. The molecule has 0 bridgehead atoms. The van der Waals surface area contributed by atoms with Gasteiger partial charge >= 0.3 is 0 Å². The van der Waals surface area contributed by atoms with E-state index in [1.54, 1.807) is 11.3 Å². The minimum atomic E-state index is -0.143. The van der Waals surface area contributed by atoms with Gasteiger partial charge in [-0.05, 0) is 36.8 Å². The Bertz CT molecular complexity index is 857. The summed E-state index contributed by atoms with van der Waals surface area (Å²) in [4.78, 5) is 16.4. The van der Waals surface area contributed by atoms with Crippen LogP contribution in [-0.2, 0) is 4.79 Å². The van der Waals surface area contributed by atoms with Gasteiger partial charge in [-0.2, -0.15) is 5.10 Å². The Morgan fingerprint density at radius 2 is 2.00 bits per heavy atom. The molecule has 0 unspecified atom stereocenters. The first-order chi connectivity index (χ1) is 11.6. The van der Waals surface area contributed by atoms with Crippen molar-refractivity contribution in [3.05, 3.63) is 58.6 Å². The number of benzene rings is 2. The molecule has 2 aromatic carbocycles. The minimum absolute atomic E-state index is 0.143. The lowest BCUT2D eigenvalue weighted by Gasteiger charge is -2.02. The lowest BCUT2D eigenvalue weighted by atomic mass is 10.1. The summed E-state index contributed by atoms with van der Waals surface area (Å²) in [7, 11) is 0. The van der Waals surface area contributed by atoms with E-state index in [1.165, 1.54) is 11.8 Å². The van der Waals surface area contributed by atoms with Gasteiger partial charge < -0.3 is 0 Å².